The molecule has 0 saturated heterocycles. The van der Waals surface area contributed by atoms with Crippen LogP contribution < -0.4 is 0 Å². The van der Waals surface area contributed by atoms with E-state index in [9.17, 15) is 8.78 Å². The summed E-state index contributed by atoms with van der Waals surface area (Å²) in [7, 11) is 0. The topological polar surface area (TPSA) is 0 Å². The maximum Gasteiger partial charge on any atom is 0.131 e. The summed E-state index contributed by atoms with van der Waals surface area (Å²) in [6.45, 7) is 0. The maximum atomic E-state index is 13.8. The first-order chi connectivity index (χ1) is 9.66. The van der Waals surface area contributed by atoms with E-state index in [1.807, 2.05) is 18.2 Å². The lowest BCUT2D eigenvalue weighted by Crippen LogP contribution is -2.06. The zero-order valence-electron chi connectivity index (χ0n) is 11.0. The van der Waals surface area contributed by atoms with E-state index in [2.05, 4.69) is 0 Å². The average molecular weight is 293 g/mol. The molecule has 1 aliphatic rings. The Bertz CT molecular complexity index is 617. The first-order valence-electron chi connectivity index (χ1n) is 6.86. The van der Waals surface area contributed by atoms with E-state index < -0.39 is 17.0 Å². The second-order valence-electron chi connectivity index (χ2n) is 5.23. The zero-order chi connectivity index (χ0) is 14.1. The highest BCUT2D eigenvalue weighted by atomic mass is 35.5. The fraction of sp³-hybridized carbons (Fsp3) is 0.294. The lowest BCUT2D eigenvalue weighted by atomic mass is 9.89. The van der Waals surface area contributed by atoms with Crippen molar-refractivity contribution in [3.05, 3.63) is 70.3 Å². The summed E-state index contributed by atoms with van der Waals surface area (Å²) in [6.07, 6.45) is 4.47. The third kappa shape index (κ3) is 2.45. The van der Waals surface area contributed by atoms with E-state index in [1.54, 1.807) is 0 Å². The van der Waals surface area contributed by atoms with Gasteiger partial charge < -0.3 is 0 Å². The zero-order valence-corrected chi connectivity index (χ0v) is 11.8. The molecule has 0 N–H and O–H groups in total. The molecular formula is C17H15ClF2. The summed E-state index contributed by atoms with van der Waals surface area (Å²) in [4.78, 5) is 0. The van der Waals surface area contributed by atoms with Crippen molar-refractivity contribution in [1.29, 1.82) is 0 Å². The molecule has 1 unspecified atom stereocenters. The number of halogens is 3. The minimum absolute atomic E-state index is 0.0649. The molecule has 0 aliphatic heterocycles. The fourth-order valence-electron chi connectivity index (χ4n) is 2.83. The van der Waals surface area contributed by atoms with Crippen molar-refractivity contribution >= 4 is 11.6 Å². The fourth-order valence-corrected chi connectivity index (χ4v) is 3.17. The predicted octanol–water partition coefficient (Wildman–Crippen LogP) is 5.17. The molecule has 0 nitrogen and oxygen atoms in total. The summed E-state index contributed by atoms with van der Waals surface area (Å²) < 4.78 is 27.6. The maximum absolute atomic E-state index is 13.8. The Balaban J connectivity index is 2.00. The van der Waals surface area contributed by atoms with Crippen molar-refractivity contribution in [2.45, 2.75) is 31.1 Å². The van der Waals surface area contributed by atoms with Crippen LogP contribution in [0.5, 0.6) is 0 Å². The van der Waals surface area contributed by atoms with Crippen molar-refractivity contribution in [2.24, 2.45) is 0 Å². The summed E-state index contributed by atoms with van der Waals surface area (Å²) in [5.41, 5.74) is 3.29. The van der Waals surface area contributed by atoms with Gasteiger partial charge in [-0.1, -0.05) is 24.3 Å². The number of benzene rings is 2. The van der Waals surface area contributed by atoms with Crippen LogP contribution in [0.4, 0.5) is 8.78 Å². The molecule has 0 amide bonds. The molecule has 2 aromatic rings. The number of alkyl halides is 1. The molecule has 0 radical (unpaired) electrons. The highest BCUT2D eigenvalue weighted by Gasteiger charge is 2.21. The van der Waals surface area contributed by atoms with Gasteiger partial charge in [0.05, 0.1) is 5.38 Å². The molecule has 3 heteroatoms. The molecule has 0 bridgehead atoms. The normalized spacial score (nSPS) is 15.8. The van der Waals surface area contributed by atoms with Crippen LogP contribution in [0.25, 0.3) is 0 Å². The second-order valence-corrected chi connectivity index (χ2v) is 5.67. The smallest absolute Gasteiger partial charge is 0.131 e. The van der Waals surface area contributed by atoms with Crippen molar-refractivity contribution in [2.75, 3.05) is 0 Å². The molecule has 2 aromatic carbocycles. The first-order valence-corrected chi connectivity index (χ1v) is 7.30. The summed E-state index contributed by atoms with van der Waals surface area (Å²) >= 11 is 6.30. The van der Waals surface area contributed by atoms with Gasteiger partial charge in [-0.25, -0.2) is 8.78 Å². The van der Waals surface area contributed by atoms with E-state index in [4.69, 9.17) is 11.6 Å². The first kappa shape index (κ1) is 13.6. The summed E-state index contributed by atoms with van der Waals surface area (Å²) in [5.74, 6) is -1.19. The quantitative estimate of drug-likeness (QED) is 0.670. The van der Waals surface area contributed by atoms with Crippen LogP contribution in [0.15, 0.2) is 36.4 Å². The van der Waals surface area contributed by atoms with Crippen LogP contribution in [0, 0.1) is 11.6 Å². The number of aryl methyl sites for hydroxylation is 2. The average Bonchev–Trinajstić information content (AvgIpc) is 2.46. The van der Waals surface area contributed by atoms with Gasteiger partial charge in [-0.15, -0.1) is 11.6 Å². The van der Waals surface area contributed by atoms with Crippen LogP contribution in [0.2, 0.25) is 0 Å². The van der Waals surface area contributed by atoms with Gasteiger partial charge in [-0.2, -0.15) is 0 Å². The molecule has 20 heavy (non-hydrogen) atoms. The Labute approximate surface area is 122 Å². The lowest BCUT2D eigenvalue weighted by Gasteiger charge is -2.19. The molecular weight excluding hydrogens is 278 g/mol. The summed E-state index contributed by atoms with van der Waals surface area (Å²) in [6, 6.07) is 9.76. The monoisotopic (exact) mass is 292 g/mol. The van der Waals surface area contributed by atoms with E-state index in [0.717, 1.165) is 24.8 Å². The predicted molar refractivity (Wildman–Crippen MR) is 77.1 cm³/mol. The largest absolute Gasteiger partial charge is 0.207 e. The third-order valence-corrected chi connectivity index (χ3v) is 4.39. The number of hydrogen-bond donors (Lipinski definition) is 0. The van der Waals surface area contributed by atoms with Gasteiger partial charge in [-0.05, 0) is 54.5 Å². The van der Waals surface area contributed by atoms with Crippen LogP contribution in [0.3, 0.4) is 0 Å². The van der Waals surface area contributed by atoms with Gasteiger partial charge in [0.2, 0.25) is 0 Å². The standard InChI is InChI=1S/C17H15ClF2/c18-17(16-14(19)6-3-7-15(16)20)13-9-8-11-4-1-2-5-12(11)10-13/h3,6-10,17H,1-2,4-5H2. The van der Waals surface area contributed by atoms with Crippen molar-refractivity contribution in [3.63, 3.8) is 0 Å². The van der Waals surface area contributed by atoms with Crippen LogP contribution in [0.1, 0.15) is 40.5 Å². The Morgan fingerprint density at radius 3 is 2.25 bits per heavy atom. The highest BCUT2D eigenvalue weighted by molar-refractivity contribution is 6.22. The third-order valence-electron chi connectivity index (χ3n) is 3.92. The van der Waals surface area contributed by atoms with Gasteiger partial charge >= 0.3 is 0 Å². The number of rotatable bonds is 2. The van der Waals surface area contributed by atoms with Crippen LogP contribution in [-0.4, -0.2) is 0 Å². The van der Waals surface area contributed by atoms with Crippen molar-refractivity contribution < 1.29 is 8.78 Å². The van der Waals surface area contributed by atoms with E-state index in [0.29, 0.717) is 0 Å². The van der Waals surface area contributed by atoms with Gasteiger partial charge in [-0.3, -0.25) is 0 Å². The van der Waals surface area contributed by atoms with Crippen LogP contribution >= 0.6 is 11.6 Å². The van der Waals surface area contributed by atoms with Crippen molar-refractivity contribution in [3.8, 4) is 0 Å². The highest BCUT2D eigenvalue weighted by Crippen LogP contribution is 2.34. The van der Waals surface area contributed by atoms with Gasteiger partial charge in [0.25, 0.3) is 0 Å². The molecule has 0 saturated carbocycles. The Morgan fingerprint density at radius 2 is 1.55 bits per heavy atom. The van der Waals surface area contributed by atoms with E-state index in [-0.39, 0.29) is 5.56 Å². The van der Waals surface area contributed by atoms with Gasteiger partial charge in [0, 0.05) is 5.56 Å². The van der Waals surface area contributed by atoms with Crippen molar-refractivity contribution in [1.82, 2.24) is 0 Å². The molecule has 0 heterocycles. The number of hydrogen-bond acceptors (Lipinski definition) is 0. The minimum atomic E-state index is -0.788. The minimum Gasteiger partial charge on any atom is -0.207 e. The molecule has 0 aromatic heterocycles. The molecule has 1 atom stereocenters. The van der Waals surface area contributed by atoms with Gasteiger partial charge in [0.1, 0.15) is 11.6 Å². The summed E-state index contributed by atoms with van der Waals surface area (Å²) in [5, 5.41) is -0.788. The molecule has 0 fully saturated rings. The molecule has 3 rings (SSSR count). The molecule has 1 aliphatic carbocycles. The second kappa shape index (κ2) is 5.53. The SMILES string of the molecule is Fc1cccc(F)c1C(Cl)c1ccc2c(c1)CCCC2. The van der Waals surface area contributed by atoms with E-state index >= 15 is 0 Å². The van der Waals surface area contributed by atoms with E-state index in [1.165, 1.54) is 35.7 Å². The Morgan fingerprint density at radius 1 is 0.900 bits per heavy atom. The Hall–Kier alpha value is -1.41. The molecule has 0 spiro atoms. The lowest BCUT2D eigenvalue weighted by molar-refractivity contribution is 0.559. The van der Waals surface area contributed by atoms with Crippen LogP contribution in [-0.2, 0) is 12.8 Å². The number of fused-ring (bicyclic) bond motifs is 1. The molecule has 104 valence electrons. The Kier molecular flexibility index (Phi) is 3.75. The van der Waals surface area contributed by atoms with Gasteiger partial charge in [0.15, 0.2) is 0 Å².